The van der Waals surface area contributed by atoms with Crippen molar-refractivity contribution in [3.63, 3.8) is 0 Å². The van der Waals surface area contributed by atoms with E-state index >= 15 is 0 Å². The third-order valence-electron chi connectivity index (χ3n) is 7.81. The zero-order valence-corrected chi connectivity index (χ0v) is 23.4. The molecule has 5 rings (SSSR count). The first-order valence-electron chi connectivity index (χ1n) is 14.1. The molecule has 1 atom stereocenters. The van der Waals surface area contributed by atoms with Crippen LogP contribution in [0.1, 0.15) is 47.1 Å². The molecule has 2 aliphatic rings. The van der Waals surface area contributed by atoms with Gasteiger partial charge in [0.25, 0.3) is 0 Å². The van der Waals surface area contributed by atoms with Crippen molar-refractivity contribution in [2.45, 2.75) is 58.2 Å². The normalized spacial score (nSPS) is 16.7. The SMILES string of the molecule is Cc1cccc(CN(C(=O)OC2CNCC=C2c2ccc(CCCOc3c(F)ccc(F)c3F)cc2)C2CC2)c1C. The molecular formula is C33H35F3N2O3. The minimum atomic E-state index is -1.31. The fourth-order valence-corrected chi connectivity index (χ4v) is 5.09. The number of amides is 1. The summed E-state index contributed by atoms with van der Waals surface area (Å²) in [6.07, 6.45) is 4.45. The van der Waals surface area contributed by atoms with Gasteiger partial charge in [0.05, 0.1) is 6.61 Å². The third kappa shape index (κ3) is 6.93. The van der Waals surface area contributed by atoms with Crippen LogP contribution in [0.5, 0.6) is 5.75 Å². The smallest absolute Gasteiger partial charge is 0.410 e. The van der Waals surface area contributed by atoms with Crippen LogP contribution in [0.3, 0.4) is 0 Å². The van der Waals surface area contributed by atoms with E-state index in [4.69, 9.17) is 9.47 Å². The Kier molecular flexibility index (Phi) is 8.98. The minimum Gasteiger partial charge on any atom is -0.488 e. The van der Waals surface area contributed by atoms with Crippen molar-refractivity contribution in [2.24, 2.45) is 0 Å². The number of nitrogens with zero attached hydrogens (tertiary/aromatic N) is 1. The standard InChI is InChI=1S/C33H35F3N2O3/c1-21-5-3-7-25(22(21)2)20-38(26-12-13-26)33(39)41-30-19-37-17-16-27(30)24-10-8-23(9-11-24)6-4-18-40-32-29(35)15-14-28(34)31(32)36/h3,5,7-11,14-16,26,30,37H,4,6,12-13,17-20H2,1-2H3. The molecule has 1 aliphatic carbocycles. The van der Waals surface area contributed by atoms with Crippen molar-refractivity contribution in [3.05, 3.63) is 106 Å². The molecular weight excluding hydrogens is 529 g/mol. The van der Waals surface area contributed by atoms with E-state index in [0.717, 1.165) is 47.2 Å². The van der Waals surface area contributed by atoms with E-state index in [-0.39, 0.29) is 18.7 Å². The van der Waals surface area contributed by atoms with Crippen LogP contribution < -0.4 is 10.1 Å². The second kappa shape index (κ2) is 12.8. The molecule has 41 heavy (non-hydrogen) atoms. The van der Waals surface area contributed by atoms with Crippen molar-refractivity contribution in [3.8, 4) is 5.75 Å². The topological polar surface area (TPSA) is 50.8 Å². The number of nitrogens with one attached hydrogen (secondary N) is 1. The van der Waals surface area contributed by atoms with Crippen LogP contribution >= 0.6 is 0 Å². The van der Waals surface area contributed by atoms with Gasteiger partial charge in [-0.25, -0.2) is 13.6 Å². The first kappa shape index (κ1) is 28.7. The molecule has 1 fully saturated rings. The minimum absolute atomic E-state index is 0.0491. The molecule has 0 saturated heterocycles. The van der Waals surface area contributed by atoms with Gasteiger partial charge in [-0.05, 0) is 85.1 Å². The fraction of sp³-hybridized carbons (Fsp3) is 0.364. The molecule has 1 heterocycles. The van der Waals surface area contributed by atoms with E-state index in [1.165, 1.54) is 11.1 Å². The van der Waals surface area contributed by atoms with Crippen molar-refractivity contribution in [2.75, 3.05) is 19.7 Å². The van der Waals surface area contributed by atoms with E-state index in [1.54, 1.807) is 0 Å². The Hall–Kier alpha value is -3.78. The Labute approximate surface area is 239 Å². The number of carbonyl (C=O) groups is 1. The molecule has 1 unspecified atom stereocenters. The van der Waals surface area contributed by atoms with E-state index in [1.807, 2.05) is 35.2 Å². The van der Waals surface area contributed by atoms with E-state index in [2.05, 4.69) is 37.4 Å². The molecule has 0 spiro atoms. The number of carbonyl (C=O) groups excluding carboxylic acids is 1. The highest BCUT2D eigenvalue weighted by Gasteiger charge is 2.36. The van der Waals surface area contributed by atoms with E-state index in [0.29, 0.717) is 32.5 Å². The number of hydrogen-bond donors (Lipinski definition) is 1. The zero-order chi connectivity index (χ0) is 28.9. The highest BCUT2D eigenvalue weighted by molar-refractivity contribution is 5.75. The number of aryl methyl sites for hydroxylation is 2. The van der Waals surface area contributed by atoms with Crippen molar-refractivity contribution < 1.29 is 27.4 Å². The maximum atomic E-state index is 13.8. The van der Waals surface area contributed by atoms with Gasteiger partial charge in [0.15, 0.2) is 17.4 Å². The molecule has 3 aromatic rings. The van der Waals surface area contributed by atoms with Gasteiger partial charge in [-0.1, -0.05) is 48.5 Å². The van der Waals surface area contributed by atoms with E-state index < -0.39 is 29.3 Å². The largest absolute Gasteiger partial charge is 0.488 e. The summed E-state index contributed by atoms with van der Waals surface area (Å²) in [7, 11) is 0. The number of benzene rings is 3. The van der Waals surface area contributed by atoms with Gasteiger partial charge in [-0.15, -0.1) is 0 Å². The quantitative estimate of drug-likeness (QED) is 0.215. The molecule has 0 aromatic heterocycles. The summed E-state index contributed by atoms with van der Waals surface area (Å²) in [5.41, 5.74) is 6.50. The maximum absolute atomic E-state index is 13.8. The highest BCUT2D eigenvalue weighted by atomic mass is 19.2. The second-order valence-corrected chi connectivity index (χ2v) is 10.7. The fourth-order valence-electron chi connectivity index (χ4n) is 5.09. The summed E-state index contributed by atoms with van der Waals surface area (Å²) >= 11 is 0. The predicted molar refractivity (Wildman–Crippen MR) is 152 cm³/mol. The van der Waals surface area contributed by atoms with Crippen LogP contribution in [0, 0.1) is 31.3 Å². The van der Waals surface area contributed by atoms with Gasteiger partial charge in [0, 0.05) is 25.7 Å². The average molecular weight is 565 g/mol. The molecule has 1 N–H and O–H groups in total. The van der Waals surface area contributed by atoms with Crippen molar-refractivity contribution in [1.82, 2.24) is 10.2 Å². The summed E-state index contributed by atoms with van der Waals surface area (Å²) in [4.78, 5) is 15.3. The van der Waals surface area contributed by atoms with Crippen LogP contribution in [0.25, 0.3) is 5.57 Å². The van der Waals surface area contributed by atoms with Gasteiger partial charge in [0.2, 0.25) is 5.82 Å². The molecule has 8 heteroatoms. The third-order valence-corrected chi connectivity index (χ3v) is 7.81. The first-order chi connectivity index (χ1) is 19.8. The molecule has 3 aromatic carbocycles. The average Bonchev–Trinajstić information content (AvgIpc) is 3.81. The Morgan fingerprint density at radius 2 is 1.76 bits per heavy atom. The van der Waals surface area contributed by atoms with Crippen LogP contribution in [0.15, 0.2) is 60.7 Å². The Morgan fingerprint density at radius 3 is 2.51 bits per heavy atom. The summed E-state index contributed by atoms with van der Waals surface area (Å²) < 4.78 is 52.2. The molecule has 1 amide bonds. The van der Waals surface area contributed by atoms with Gasteiger partial charge < -0.3 is 19.7 Å². The van der Waals surface area contributed by atoms with Gasteiger partial charge in [-0.3, -0.25) is 0 Å². The Morgan fingerprint density at radius 1 is 1.00 bits per heavy atom. The first-order valence-corrected chi connectivity index (χ1v) is 14.1. The Balaban J connectivity index is 1.18. The second-order valence-electron chi connectivity index (χ2n) is 10.7. The van der Waals surface area contributed by atoms with Gasteiger partial charge >= 0.3 is 6.09 Å². The summed E-state index contributed by atoms with van der Waals surface area (Å²) in [5, 5.41) is 3.30. The predicted octanol–water partition coefficient (Wildman–Crippen LogP) is 6.89. The van der Waals surface area contributed by atoms with Crippen LogP contribution in [0.4, 0.5) is 18.0 Å². The van der Waals surface area contributed by atoms with Crippen LogP contribution in [-0.2, 0) is 17.7 Å². The molecule has 1 saturated carbocycles. The van der Waals surface area contributed by atoms with Gasteiger partial charge in [-0.2, -0.15) is 4.39 Å². The van der Waals surface area contributed by atoms with E-state index in [9.17, 15) is 18.0 Å². The molecule has 0 bridgehead atoms. The lowest BCUT2D eigenvalue weighted by Crippen LogP contribution is -2.41. The number of rotatable bonds is 10. The lowest BCUT2D eigenvalue weighted by atomic mass is 9.96. The van der Waals surface area contributed by atoms with Crippen LogP contribution in [0.2, 0.25) is 0 Å². The van der Waals surface area contributed by atoms with Crippen LogP contribution in [-0.4, -0.2) is 42.8 Å². The van der Waals surface area contributed by atoms with Crippen molar-refractivity contribution >= 4 is 11.7 Å². The number of hydrogen-bond acceptors (Lipinski definition) is 4. The maximum Gasteiger partial charge on any atom is 0.410 e. The Bertz CT molecular complexity index is 1420. The zero-order valence-electron chi connectivity index (χ0n) is 23.4. The molecule has 1 aliphatic heterocycles. The lowest BCUT2D eigenvalue weighted by molar-refractivity contribution is 0.0773. The number of halogens is 3. The summed E-state index contributed by atoms with van der Waals surface area (Å²) in [6, 6.07) is 15.9. The highest BCUT2D eigenvalue weighted by Crippen LogP contribution is 2.32. The summed E-state index contributed by atoms with van der Waals surface area (Å²) in [5.74, 6) is -4.07. The van der Waals surface area contributed by atoms with Gasteiger partial charge in [0.1, 0.15) is 6.10 Å². The molecule has 0 radical (unpaired) electrons. The lowest BCUT2D eigenvalue weighted by Gasteiger charge is -2.29. The molecule has 216 valence electrons. The monoisotopic (exact) mass is 564 g/mol. The van der Waals surface area contributed by atoms with Crippen molar-refractivity contribution in [1.29, 1.82) is 0 Å². The number of ether oxygens (including phenoxy) is 2. The molecule has 5 nitrogen and oxygen atoms in total. The summed E-state index contributed by atoms with van der Waals surface area (Å²) in [6.45, 7) is 5.97.